The van der Waals surface area contributed by atoms with Crippen molar-refractivity contribution < 1.29 is 14.2 Å². The third kappa shape index (κ3) is 3.20. The summed E-state index contributed by atoms with van der Waals surface area (Å²) in [6.45, 7) is 6.23. The summed E-state index contributed by atoms with van der Waals surface area (Å²) in [7, 11) is 5.12. The van der Waals surface area contributed by atoms with Crippen molar-refractivity contribution in [2.24, 2.45) is 0 Å². The first kappa shape index (κ1) is 19.8. The summed E-state index contributed by atoms with van der Waals surface area (Å²) >= 11 is 0. The summed E-state index contributed by atoms with van der Waals surface area (Å²) in [5.41, 5.74) is 2.94. The zero-order chi connectivity index (χ0) is 20.5. The van der Waals surface area contributed by atoms with Crippen molar-refractivity contribution in [2.45, 2.75) is 45.7 Å². The quantitative estimate of drug-likeness (QED) is 0.545. The Labute approximate surface area is 173 Å². The van der Waals surface area contributed by atoms with Crippen LogP contribution in [0.3, 0.4) is 0 Å². The van der Waals surface area contributed by atoms with E-state index in [2.05, 4.69) is 35.2 Å². The van der Waals surface area contributed by atoms with Gasteiger partial charge in [-0.15, -0.1) is 0 Å². The first-order chi connectivity index (χ1) is 14.2. The molecule has 0 spiro atoms. The average Bonchev–Trinajstić information content (AvgIpc) is 3.25. The molecule has 0 bridgehead atoms. The van der Waals surface area contributed by atoms with Crippen LogP contribution in [0, 0.1) is 0 Å². The highest BCUT2D eigenvalue weighted by Crippen LogP contribution is 2.44. The van der Waals surface area contributed by atoms with Gasteiger partial charge in [0.05, 0.1) is 21.3 Å². The fourth-order valence-corrected chi connectivity index (χ4v) is 5.00. The molecule has 1 saturated heterocycles. The molecule has 154 valence electrons. The van der Waals surface area contributed by atoms with Crippen LogP contribution in [0.1, 0.15) is 37.8 Å². The zero-order valence-electron chi connectivity index (χ0n) is 18.2. The molecule has 1 fully saturated rings. The van der Waals surface area contributed by atoms with Crippen molar-refractivity contribution in [1.29, 1.82) is 0 Å². The van der Waals surface area contributed by atoms with E-state index in [1.54, 1.807) is 21.3 Å². The molecule has 2 aliphatic heterocycles. The Morgan fingerprint density at radius 3 is 2.17 bits per heavy atom. The van der Waals surface area contributed by atoms with Gasteiger partial charge in [-0.3, -0.25) is 4.90 Å². The van der Waals surface area contributed by atoms with Gasteiger partial charge in [-0.05, 0) is 82.7 Å². The van der Waals surface area contributed by atoms with Crippen LogP contribution < -0.4 is 14.2 Å². The maximum Gasteiger partial charge on any atom is 0.161 e. The molecule has 1 atom stereocenters. The van der Waals surface area contributed by atoms with E-state index in [0.717, 1.165) is 30.2 Å². The van der Waals surface area contributed by atoms with E-state index in [0.29, 0.717) is 6.04 Å². The van der Waals surface area contributed by atoms with Gasteiger partial charge in [-0.1, -0.05) is 19.9 Å². The number of methoxy groups -OCH3 is 3. The van der Waals surface area contributed by atoms with Crippen LogP contribution in [-0.2, 0) is 13.0 Å². The highest BCUT2D eigenvalue weighted by atomic mass is 16.5. The molecule has 4 nitrogen and oxygen atoms in total. The number of fused-ring (bicyclic) bond motifs is 7. The number of hydrogen-bond acceptors (Lipinski definition) is 4. The highest BCUT2D eigenvalue weighted by Gasteiger charge is 2.32. The first-order valence-corrected chi connectivity index (χ1v) is 10.6. The molecule has 3 aromatic rings. The lowest BCUT2D eigenvalue weighted by Crippen LogP contribution is -2.35. The van der Waals surface area contributed by atoms with E-state index in [1.807, 2.05) is 13.8 Å². The summed E-state index contributed by atoms with van der Waals surface area (Å²) in [6, 6.07) is 11.4. The van der Waals surface area contributed by atoms with E-state index >= 15 is 0 Å². The fraction of sp³-hybridized carbons (Fsp3) is 0.440. The van der Waals surface area contributed by atoms with E-state index in [4.69, 9.17) is 14.2 Å². The van der Waals surface area contributed by atoms with Crippen molar-refractivity contribution in [3.63, 3.8) is 0 Å². The van der Waals surface area contributed by atoms with Gasteiger partial charge < -0.3 is 14.2 Å². The number of ether oxygens (including phenoxy) is 3. The Morgan fingerprint density at radius 1 is 0.793 bits per heavy atom. The highest BCUT2D eigenvalue weighted by molar-refractivity contribution is 6.12. The molecule has 0 amide bonds. The van der Waals surface area contributed by atoms with Gasteiger partial charge in [-0.25, -0.2) is 0 Å². The standard InChI is InChI=1S/C23H25NO3.C2H6/c1-25-15-6-7-16-17-9-14-5-4-8-24(14)13-21(17)20-12-23(27-3)22(26-2)11-19(20)18(16)10-15;1-2/h6-7,10-12,14H,4-5,8-9,13H2,1-3H3;1-2H3. The number of hydrogen-bond donors (Lipinski definition) is 0. The van der Waals surface area contributed by atoms with Crippen LogP contribution in [-0.4, -0.2) is 38.8 Å². The van der Waals surface area contributed by atoms with Crippen LogP contribution in [0.2, 0.25) is 0 Å². The monoisotopic (exact) mass is 393 g/mol. The molecule has 1 unspecified atom stereocenters. The molecule has 0 saturated carbocycles. The van der Waals surface area contributed by atoms with E-state index in [9.17, 15) is 0 Å². The molecule has 0 aromatic heterocycles. The van der Waals surface area contributed by atoms with Gasteiger partial charge >= 0.3 is 0 Å². The van der Waals surface area contributed by atoms with Crippen LogP contribution in [0.25, 0.3) is 21.5 Å². The van der Waals surface area contributed by atoms with Gasteiger partial charge in [0.1, 0.15) is 5.75 Å². The van der Waals surface area contributed by atoms with Gasteiger partial charge in [-0.2, -0.15) is 0 Å². The molecule has 0 aliphatic carbocycles. The van der Waals surface area contributed by atoms with Crippen molar-refractivity contribution in [2.75, 3.05) is 27.9 Å². The molecule has 29 heavy (non-hydrogen) atoms. The topological polar surface area (TPSA) is 30.9 Å². The second kappa shape index (κ2) is 8.11. The lowest BCUT2D eigenvalue weighted by molar-refractivity contribution is 0.229. The second-order valence-corrected chi connectivity index (χ2v) is 7.59. The van der Waals surface area contributed by atoms with Crippen LogP contribution in [0.4, 0.5) is 0 Å². The number of benzene rings is 3. The Balaban J connectivity index is 0.000000994. The fourth-order valence-electron chi connectivity index (χ4n) is 5.00. The summed E-state index contributed by atoms with van der Waals surface area (Å²) < 4.78 is 16.7. The number of nitrogens with zero attached hydrogens (tertiary/aromatic N) is 1. The Hall–Kier alpha value is -2.46. The predicted molar refractivity (Wildman–Crippen MR) is 120 cm³/mol. The summed E-state index contributed by atoms with van der Waals surface area (Å²) in [5.74, 6) is 2.44. The molecule has 0 radical (unpaired) electrons. The van der Waals surface area contributed by atoms with Crippen molar-refractivity contribution in [3.8, 4) is 17.2 Å². The minimum atomic E-state index is 0.681. The first-order valence-electron chi connectivity index (χ1n) is 10.6. The molecule has 3 aromatic carbocycles. The molecule has 5 rings (SSSR count). The predicted octanol–water partition coefficient (Wildman–Crippen LogP) is 5.57. The third-order valence-electron chi connectivity index (χ3n) is 6.36. The lowest BCUT2D eigenvalue weighted by atomic mass is 9.85. The zero-order valence-corrected chi connectivity index (χ0v) is 18.2. The van der Waals surface area contributed by atoms with Gasteiger partial charge in [0.25, 0.3) is 0 Å². The smallest absolute Gasteiger partial charge is 0.161 e. The second-order valence-electron chi connectivity index (χ2n) is 7.59. The van der Waals surface area contributed by atoms with Crippen molar-refractivity contribution >= 4 is 21.5 Å². The summed E-state index contributed by atoms with van der Waals surface area (Å²) in [5, 5.41) is 5.05. The maximum absolute atomic E-state index is 5.62. The summed E-state index contributed by atoms with van der Waals surface area (Å²) in [4.78, 5) is 2.65. The van der Waals surface area contributed by atoms with Gasteiger partial charge in [0.2, 0.25) is 0 Å². The SMILES string of the molecule is CC.COc1ccc2c3c(c4cc(OC)c(OC)cc4c2c1)CN1CCCC1C3. The largest absolute Gasteiger partial charge is 0.497 e. The molecule has 2 aliphatic rings. The van der Waals surface area contributed by atoms with E-state index in [1.165, 1.54) is 52.1 Å². The van der Waals surface area contributed by atoms with Crippen molar-refractivity contribution in [1.82, 2.24) is 4.90 Å². The maximum atomic E-state index is 5.62. The molecular weight excluding hydrogens is 362 g/mol. The van der Waals surface area contributed by atoms with Crippen molar-refractivity contribution in [3.05, 3.63) is 41.5 Å². The van der Waals surface area contributed by atoms with Crippen LogP contribution >= 0.6 is 0 Å². The van der Waals surface area contributed by atoms with E-state index in [-0.39, 0.29) is 0 Å². The minimum Gasteiger partial charge on any atom is -0.497 e. The van der Waals surface area contributed by atoms with Gasteiger partial charge in [0, 0.05) is 12.6 Å². The summed E-state index contributed by atoms with van der Waals surface area (Å²) in [6.07, 6.45) is 3.74. The molecule has 0 N–H and O–H groups in total. The molecular formula is C25H31NO3. The van der Waals surface area contributed by atoms with E-state index < -0.39 is 0 Å². The lowest BCUT2D eigenvalue weighted by Gasteiger charge is -2.33. The normalized spacial score (nSPS) is 18.0. The average molecular weight is 394 g/mol. The Kier molecular flexibility index (Phi) is 5.55. The third-order valence-corrected chi connectivity index (χ3v) is 6.36. The van der Waals surface area contributed by atoms with Crippen LogP contribution in [0.15, 0.2) is 30.3 Å². The minimum absolute atomic E-state index is 0.681. The Morgan fingerprint density at radius 2 is 1.48 bits per heavy atom. The van der Waals surface area contributed by atoms with Gasteiger partial charge in [0.15, 0.2) is 11.5 Å². The molecule has 2 heterocycles. The molecule has 4 heteroatoms. The van der Waals surface area contributed by atoms with Crippen LogP contribution in [0.5, 0.6) is 17.2 Å². The Bertz CT molecular complexity index is 1040. The number of rotatable bonds is 3.